The number of phenolic OH excluding ortho intramolecular Hbond substituents is 1. The summed E-state index contributed by atoms with van der Waals surface area (Å²) >= 11 is 0. The van der Waals surface area contributed by atoms with Gasteiger partial charge in [-0.15, -0.1) is 0 Å². The maximum absolute atomic E-state index is 10.1. The van der Waals surface area contributed by atoms with Crippen LogP contribution in [-0.2, 0) is 0 Å². The minimum absolute atomic E-state index is 0.169. The lowest BCUT2D eigenvalue weighted by Gasteiger charge is -2.03. The fourth-order valence-electron chi connectivity index (χ4n) is 0.753. The molecule has 1 aromatic carbocycles. The number of phenols is 1. The smallest absolute Gasteiger partial charge is 0.127 e. The van der Waals surface area contributed by atoms with Gasteiger partial charge in [0.05, 0.1) is 0 Å². The molecule has 4 heteroatoms. The van der Waals surface area contributed by atoms with Gasteiger partial charge in [-0.3, -0.25) is 0 Å². The number of quaternary nitrogens is 1. The molecule has 12 heavy (non-hydrogen) atoms. The van der Waals surface area contributed by atoms with E-state index in [9.17, 15) is 5.21 Å². The Bertz CT molecular complexity index is 266. The van der Waals surface area contributed by atoms with Gasteiger partial charge in [0.1, 0.15) is 11.9 Å². The highest BCUT2D eigenvalue weighted by molar-refractivity contribution is 5.48. The van der Waals surface area contributed by atoms with E-state index in [0.717, 1.165) is 11.8 Å². The Morgan fingerprint density at radius 2 is 1.83 bits per heavy atom. The van der Waals surface area contributed by atoms with Crippen LogP contribution in [0.2, 0.25) is 0 Å². The molecular weight excluding hydrogens is 158 g/mol. The van der Waals surface area contributed by atoms with E-state index in [1.165, 1.54) is 18.2 Å². The Hall–Kier alpha value is -1.36. The summed E-state index contributed by atoms with van der Waals surface area (Å²) in [6.45, 7) is 0. The molecular formula is C8H9NO3. The highest BCUT2D eigenvalue weighted by Gasteiger charge is 1.88. The first-order valence-corrected chi connectivity index (χ1v) is 3.38. The van der Waals surface area contributed by atoms with Crippen LogP contribution in [0.15, 0.2) is 30.5 Å². The molecule has 0 bridgehead atoms. The SMILES string of the molecule is [O-][NH+](O)/C=C/c1ccc(O)cc1. The van der Waals surface area contributed by atoms with Gasteiger partial charge in [0.25, 0.3) is 0 Å². The minimum atomic E-state index is -0.983. The van der Waals surface area contributed by atoms with Crippen molar-refractivity contribution >= 4 is 6.08 Å². The normalized spacial score (nSPS) is 13.5. The molecule has 0 aliphatic carbocycles. The average Bonchev–Trinajstić information content (AvgIpc) is 2.03. The highest BCUT2D eigenvalue weighted by Crippen LogP contribution is 2.09. The topological polar surface area (TPSA) is 68.0 Å². The third-order valence-electron chi connectivity index (χ3n) is 1.31. The van der Waals surface area contributed by atoms with Crippen molar-refractivity contribution in [2.45, 2.75) is 0 Å². The number of aromatic hydroxyl groups is 1. The Morgan fingerprint density at radius 1 is 1.25 bits per heavy atom. The highest BCUT2D eigenvalue weighted by atomic mass is 16.8. The summed E-state index contributed by atoms with van der Waals surface area (Å²) in [5.74, 6) is 0.169. The molecule has 0 saturated carbocycles. The number of rotatable bonds is 2. The summed E-state index contributed by atoms with van der Waals surface area (Å²) in [5.41, 5.74) is 0.746. The summed E-state index contributed by atoms with van der Waals surface area (Å²) in [5, 5.41) is 26.3. The predicted octanol–water partition coefficient (Wildman–Crippen LogP) is 0.135. The average molecular weight is 167 g/mol. The van der Waals surface area contributed by atoms with Crippen LogP contribution >= 0.6 is 0 Å². The second kappa shape index (κ2) is 3.87. The molecule has 4 nitrogen and oxygen atoms in total. The van der Waals surface area contributed by atoms with E-state index in [4.69, 9.17) is 10.3 Å². The summed E-state index contributed by atoms with van der Waals surface area (Å²) in [4.78, 5) is 0. The molecule has 0 saturated heterocycles. The largest absolute Gasteiger partial charge is 0.595 e. The quantitative estimate of drug-likeness (QED) is 0.548. The lowest BCUT2D eigenvalue weighted by molar-refractivity contribution is -1.00. The van der Waals surface area contributed by atoms with Crippen molar-refractivity contribution in [1.29, 1.82) is 0 Å². The van der Waals surface area contributed by atoms with Crippen molar-refractivity contribution < 1.29 is 15.5 Å². The van der Waals surface area contributed by atoms with E-state index in [2.05, 4.69) is 0 Å². The molecule has 1 atom stereocenters. The first-order valence-electron chi connectivity index (χ1n) is 3.38. The van der Waals surface area contributed by atoms with Gasteiger partial charge in [-0.05, 0) is 17.7 Å². The van der Waals surface area contributed by atoms with Crippen LogP contribution in [0.1, 0.15) is 5.56 Å². The zero-order chi connectivity index (χ0) is 8.97. The van der Waals surface area contributed by atoms with Crippen molar-refractivity contribution in [2.24, 2.45) is 0 Å². The molecule has 0 amide bonds. The minimum Gasteiger partial charge on any atom is -0.595 e. The van der Waals surface area contributed by atoms with Gasteiger partial charge in [0, 0.05) is 6.08 Å². The van der Waals surface area contributed by atoms with Crippen molar-refractivity contribution in [2.75, 3.05) is 0 Å². The van der Waals surface area contributed by atoms with E-state index < -0.39 is 5.23 Å². The summed E-state index contributed by atoms with van der Waals surface area (Å²) < 4.78 is 0. The van der Waals surface area contributed by atoms with Crippen LogP contribution in [0.3, 0.4) is 0 Å². The molecule has 3 N–H and O–H groups in total. The Morgan fingerprint density at radius 3 is 2.33 bits per heavy atom. The van der Waals surface area contributed by atoms with Crippen molar-refractivity contribution in [1.82, 2.24) is 0 Å². The lowest BCUT2D eigenvalue weighted by Crippen LogP contribution is -2.99. The Kier molecular flexibility index (Phi) is 2.82. The number of hydroxylamine groups is 2. The molecule has 0 aromatic heterocycles. The second-order valence-corrected chi connectivity index (χ2v) is 2.26. The van der Waals surface area contributed by atoms with Crippen molar-refractivity contribution in [3.63, 3.8) is 0 Å². The monoisotopic (exact) mass is 167 g/mol. The van der Waals surface area contributed by atoms with Gasteiger partial charge in [-0.2, -0.15) is 0 Å². The van der Waals surface area contributed by atoms with Gasteiger partial charge in [0.15, 0.2) is 0 Å². The fourth-order valence-corrected chi connectivity index (χ4v) is 0.753. The molecule has 0 fully saturated rings. The van der Waals surface area contributed by atoms with Crippen LogP contribution < -0.4 is 5.23 Å². The van der Waals surface area contributed by atoms with Gasteiger partial charge < -0.3 is 10.3 Å². The molecule has 0 aliphatic heterocycles. The molecule has 1 rings (SSSR count). The third kappa shape index (κ3) is 2.71. The van der Waals surface area contributed by atoms with E-state index in [1.54, 1.807) is 12.1 Å². The van der Waals surface area contributed by atoms with E-state index >= 15 is 0 Å². The molecule has 0 radical (unpaired) electrons. The van der Waals surface area contributed by atoms with Crippen LogP contribution in [-0.4, -0.2) is 10.3 Å². The molecule has 64 valence electrons. The molecule has 0 spiro atoms. The van der Waals surface area contributed by atoms with Gasteiger partial charge in [0.2, 0.25) is 0 Å². The summed E-state index contributed by atoms with van der Waals surface area (Å²) in [7, 11) is 0. The molecule has 0 heterocycles. The van der Waals surface area contributed by atoms with Gasteiger partial charge in [-0.25, -0.2) is 10.4 Å². The maximum atomic E-state index is 10.1. The van der Waals surface area contributed by atoms with E-state index in [1.807, 2.05) is 0 Å². The fraction of sp³-hybridized carbons (Fsp3) is 0. The van der Waals surface area contributed by atoms with Crippen LogP contribution in [0.4, 0.5) is 0 Å². The molecule has 0 aliphatic rings. The van der Waals surface area contributed by atoms with E-state index in [0.29, 0.717) is 0 Å². The first-order chi connectivity index (χ1) is 5.68. The van der Waals surface area contributed by atoms with E-state index in [-0.39, 0.29) is 5.75 Å². The maximum Gasteiger partial charge on any atom is 0.127 e. The van der Waals surface area contributed by atoms with Gasteiger partial charge >= 0.3 is 0 Å². The van der Waals surface area contributed by atoms with Crippen LogP contribution in [0, 0.1) is 5.21 Å². The Balaban J connectivity index is 2.71. The van der Waals surface area contributed by atoms with Crippen LogP contribution in [0.5, 0.6) is 5.75 Å². The molecule has 1 unspecified atom stereocenters. The summed E-state index contributed by atoms with van der Waals surface area (Å²) in [6, 6.07) is 6.27. The summed E-state index contributed by atoms with van der Waals surface area (Å²) in [6.07, 6.45) is 2.51. The third-order valence-corrected chi connectivity index (χ3v) is 1.31. The van der Waals surface area contributed by atoms with Crippen molar-refractivity contribution in [3.8, 4) is 5.75 Å². The van der Waals surface area contributed by atoms with Crippen LogP contribution in [0.25, 0.3) is 6.08 Å². The zero-order valence-electron chi connectivity index (χ0n) is 6.27. The first kappa shape index (κ1) is 8.73. The Labute approximate surface area is 69.5 Å². The molecule has 1 aromatic rings. The number of hydrogen-bond donors (Lipinski definition) is 3. The van der Waals surface area contributed by atoms with Crippen molar-refractivity contribution in [3.05, 3.63) is 41.2 Å². The number of hydrogen-bond acceptors (Lipinski definition) is 3. The number of nitrogens with one attached hydrogen (secondary N) is 1. The second-order valence-electron chi connectivity index (χ2n) is 2.26. The zero-order valence-corrected chi connectivity index (χ0v) is 6.27. The van der Waals surface area contributed by atoms with Gasteiger partial charge in [-0.1, -0.05) is 12.1 Å². The lowest BCUT2D eigenvalue weighted by atomic mass is 10.2. The predicted molar refractivity (Wildman–Crippen MR) is 43.3 cm³/mol. The number of benzene rings is 1. The standard InChI is InChI=1S/C8H9NO3/c10-8-3-1-7(2-4-8)5-6-9(11)12/h1-6,9-11H/b6-5+.